The first-order chi connectivity index (χ1) is 7.57. The van der Waals surface area contributed by atoms with Crippen molar-refractivity contribution in [1.29, 1.82) is 5.41 Å². The molecule has 0 atom stereocenters. The Morgan fingerprint density at radius 2 is 1.62 bits per heavy atom. The topological polar surface area (TPSA) is 35.9 Å². The fraction of sp³-hybridized carbons (Fsp3) is 0.0833. The maximum absolute atomic E-state index is 7.40. The van der Waals surface area contributed by atoms with Crippen LogP contribution >= 0.6 is 23.2 Å². The molecule has 1 aromatic carbocycles. The molecule has 0 radical (unpaired) electrons. The third-order valence-electron chi connectivity index (χ3n) is 2.19. The monoisotopic (exact) mass is 252 g/mol. The molecule has 0 saturated heterocycles. The Bertz CT molecular complexity index is 444. The quantitative estimate of drug-likeness (QED) is 0.609. The lowest BCUT2D eigenvalue weighted by Crippen LogP contribution is -2.28. The van der Waals surface area contributed by atoms with Gasteiger partial charge in [0.1, 0.15) is 0 Å². The van der Waals surface area contributed by atoms with Gasteiger partial charge in [0.2, 0.25) is 0 Å². The molecule has 0 saturated carbocycles. The fourth-order valence-corrected chi connectivity index (χ4v) is 1.73. The molecule has 0 spiro atoms. The van der Waals surface area contributed by atoms with Crippen LogP contribution in [0.2, 0.25) is 5.02 Å². The van der Waals surface area contributed by atoms with E-state index in [1.165, 1.54) is 0 Å². The second kappa shape index (κ2) is 4.32. The predicted octanol–water partition coefficient (Wildman–Crippen LogP) is 3.83. The number of nitrogens with one attached hydrogen (secondary N) is 2. The number of anilines is 1. The van der Waals surface area contributed by atoms with E-state index >= 15 is 0 Å². The molecular weight excluding hydrogens is 243 g/mol. The summed E-state index contributed by atoms with van der Waals surface area (Å²) < 4.78 is 0. The summed E-state index contributed by atoms with van der Waals surface area (Å²) in [6.07, 6.45) is 6.81. The Hall–Kier alpha value is -1.25. The predicted molar refractivity (Wildman–Crippen MR) is 69.7 cm³/mol. The van der Waals surface area contributed by atoms with E-state index in [9.17, 15) is 0 Å². The van der Waals surface area contributed by atoms with Gasteiger partial charge in [-0.3, -0.25) is 0 Å². The molecule has 4 heteroatoms. The molecule has 16 heavy (non-hydrogen) atoms. The van der Waals surface area contributed by atoms with Gasteiger partial charge in [-0.15, -0.1) is 0 Å². The molecule has 2 N–H and O–H groups in total. The number of hydrogen-bond acceptors (Lipinski definition) is 2. The standard InChI is InChI=1S/C12H10Cl2N2/c13-9-1-3-11(4-2-9)16-12(14)7-5-10(15)6-8-12/h1-8,15-16H. The molecule has 0 unspecified atom stereocenters. The first-order valence-corrected chi connectivity index (χ1v) is 5.53. The lowest BCUT2D eigenvalue weighted by Gasteiger charge is -2.24. The van der Waals surface area contributed by atoms with E-state index in [1.807, 2.05) is 12.1 Å². The molecule has 0 heterocycles. The zero-order valence-corrected chi connectivity index (χ0v) is 9.89. The smallest absolute Gasteiger partial charge is 0.151 e. The fourth-order valence-electron chi connectivity index (χ4n) is 1.37. The summed E-state index contributed by atoms with van der Waals surface area (Å²) >= 11 is 12.1. The second-order valence-corrected chi connectivity index (χ2v) is 4.58. The summed E-state index contributed by atoms with van der Waals surface area (Å²) in [7, 11) is 0. The maximum atomic E-state index is 7.40. The van der Waals surface area contributed by atoms with Gasteiger partial charge in [-0.2, -0.15) is 0 Å². The normalized spacial score (nSPS) is 23.5. The van der Waals surface area contributed by atoms with Crippen molar-refractivity contribution in [2.45, 2.75) is 5.00 Å². The Balaban J connectivity index is 2.15. The van der Waals surface area contributed by atoms with Crippen LogP contribution in [0.4, 0.5) is 5.69 Å². The van der Waals surface area contributed by atoms with Gasteiger partial charge >= 0.3 is 0 Å². The van der Waals surface area contributed by atoms with E-state index in [1.54, 1.807) is 36.4 Å². The molecular formula is C12H10Cl2N2. The number of benzene rings is 1. The zero-order chi connectivity index (χ0) is 11.6. The van der Waals surface area contributed by atoms with Crippen molar-refractivity contribution in [2.24, 2.45) is 0 Å². The Labute approximate surface area is 104 Å². The highest BCUT2D eigenvalue weighted by molar-refractivity contribution is 6.31. The van der Waals surface area contributed by atoms with Gasteiger partial charge in [0.25, 0.3) is 0 Å². The van der Waals surface area contributed by atoms with E-state index < -0.39 is 5.00 Å². The molecule has 1 aliphatic rings. The van der Waals surface area contributed by atoms with E-state index in [2.05, 4.69) is 5.32 Å². The van der Waals surface area contributed by atoms with E-state index in [-0.39, 0.29) is 0 Å². The van der Waals surface area contributed by atoms with E-state index in [4.69, 9.17) is 28.6 Å². The average Bonchev–Trinajstić information content (AvgIpc) is 2.27. The molecule has 0 amide bonds. The second-order valence-electron chi connectivity index (χ2n) is 3.52. The third-order valence-corrected chi connectivity index (χ3v) is 2.79. The molecule has 0 aromatic heterocycles. The van der Waals surface area contributed by atoms with Crippen LogP contribution < -0.4 is 5.32 Å². The van der Waals surface area contributed by atoms with Crippen LogP contribution in [0.5, 0.6) is 0 Å². The molecule has 1 aromatic rings. The first kappa shape index (κ1) is 11.2. The number of halogens is 2. The highest BCUT2D eigenvalue weighted by atomic mass is 35.5. The van der Waals surface area contributed by atoms with Gasteiger partial charge in [0.15, 0.2) is 5.00 Å². The Kier molecular flexibility index (Phi) is 3.03. The van der Waals surface area contributed by atoms with Crippen molar-refractivity contribution in [1.82, 2.24) is 0 Å². The average molecular weight is 253 g/mol. The minimum Gasteiger partial charge on any atom is -0.360 e. The van der Waals surface area contributed by atoms with Gasteiger partial charge in [-0.25, -0.2) is 0 Å². The Morgan fingerprint density at radius 3 is 2.19 bits per heavy atom. The van der Waals surface area contributed by atoms with Crippen molar-refractivity contribution in [3.8, 4) is 0 Å². The minimum atomic E-state index is -0.765. The van der Waals surface area contributed by atoms with Crippen molar-refractivity contribution in [3.05, 3.63) is 53.6 Å². The van der Waals surface area contributed by atoms with Crippen molar-refractivity contribution >= 4 is 34.6 Å². The Morgan fingerprint density at radius 1 is 1.06 bits per heavy atom. The number of hydrogen-bond donors (Lipinski definition) is 2. The molecule has 0 aliphatic heterocycles. The van der Waals surface area contributed by atoms with Crippen molar-refractivity contribution in [2.75, 3.05) is 5.32 Å². The van der Waals surface area contributed by atoms with E-state index in [0.29, 0.717) is 10.7 Å². The first-order valence-electron chi connectivity index (χ1n) is 4.77. The lowest BCUT2D eigenvalue weighted by atomic mass is 10.1. The molecule has 82 valence electrons. The van der Waals surface area contributed by atoms with Crippen LogP contribution in [0, 0.1) is 5.41 Å². The maximum Gasteiger partial charge on any atom is 0.151 e. The highest BCUT2D eigenvalue weighted by Gasteiger charge is 2.22. The summed E-state index contributed by atoms with van der Waals surface area (Å²) in [5.74, 6) is 0. The van der Waals surface area contributed by atoms with Gasteiger partial charge in [-0.1, -0.05) is 23.2 Å². The molecule has 1 aliphatic carbocycles. The van der Waals surface area contributed by atoms with Crippen LogP contribution in [0.25, 0.3) is 0 Å². The third kappa shape index (κ3) is 2.65. The van der Waals surface area contributed by atoms with Crippen molar-refractivity contribution < 1.29 is 0 Å². The zero-order valence-electron chi connectivity index (χ0n) is 8.37. The van der Waals surface area contributed by atoms with Crippen LogP contribution in [-0.2, 0) is 0 Å². The summed E-state index contributed by atoms with van der Waals surface area (Å²) in [4.78, 5) is -0.765. The number of allylic oxidation sites excluding steroid dienone is 2. The van der Waals surface area contributed by atoms with Crippen LogP contribution in [0.3, 0.4) is 0 Å². The molecule has 2 nitrogen and oxygen atoms in total. The minimum absolute atomic E-state index is 0.439. The van der Waals surface area contributed by atoms with Crippen molar-refractivity contribution in [3.63, 3.8) is 0 Å². The summed E-state index contributed by atoms with van der Waals surface area (Å²) in [6.45, 7) is 0. The summed E-state index contributed by atoms with van der Waals surface area (Å²) in [5, 5.41) is 11.2. The molecule has 0 fully saturated rings. The number of rotatable bonds is 2. The van der Waals surface area contributed by atoms with Crippen LogP contribution in [-0.4, -0.2) is 10.7 Å². The van der Waals surface area contributed by atoms with Gasteiger partial charge in [0, 0.05) is 10.7 Å². The van der Waals surface area contributed by atoms with Gasteiger partial charge in [-0.05, 0) is 48.6 Å². The van der Waals surface area contributed by atoms with E-state index in [0.717, 1.165) is 5.69 Å². The molecule has 2 rings (SSSR count). The summed E-state index contributed by atoms with van der Waals surface area (Å²) in [6, 6.07) is 7.30. The lowest BCUT2D eigenvalue weighted by molar-refractivity contribution is 1.00. The van der Waals surface area contributed by atoms with Crippen LogP contribution in [0.15, 0.2) is 48.6 Å². The summed E-state index contributed by atoms with van der Waals surface area (Å²) in [5.41, 5.74) is 1.32. The highest BCUT2D eigenvalue weighted by Crippen LogP contribution is 2.25. The SMILES string of the molecule is N=C1C=CC(Cl)(Nc2ccc(Cl)cc2)C=C1. The van der Waals surface area contributed by atoms with Gasteiger partial charge < -0.3 is 10.7 Å². The van der Waals surface area contributed by atoms with Crippen LogP contribution in [0.1, 0.15) is 0 Å². The number of alkyl halides is 1. The molecule has 0 bridgehead atoms. The van der Waals surface area contributed by atoms with Gasteiger partial charge in [0.05, 0.1) is 5.71 Å². The largest absolute Gasteiger partial charge is 0.360 e.